The van der Waals surface area contributed by atoms with Gasteiger partial charge in [0.15, 0.2) is 0 Å². The minimum Gasteiger partial charge on any atom is -0.395 e. The number of nitrogens with one attached hydrogen (secondary N) is 1. The molecule has 1 aliphatic carbocycles. The van der Waals surface area contributed by atoms with Gasteiger partial charge in [-0.25, -0.2) is 0 Å². The molecular formula is C14H17F3N2O3S. The number of rotatable bonds is 6. The molecule has 1 aromatic rings. The van der Waals surface area contributed by atoms with Crippen LogP contribution in [0.5, 0.6) is 0 Å². The maximum atomic E-state index is 12.5. The van der Waals surface area contributed by atoms with E-state index in [0.29, 0.717) is 18.2 Å². The highest BCUT2D eigenvalue weighted by Gasteiger charge is 2.46. The molecule has 5 nitrogen and oxygen atoms in total. The second-order valence-electron chi connectivity index (χ2n) is 5.37. The van der Waals surface area contributed by atoms with Gasteiger partial charge in [-0.2, -0.15) is 21.6 Å². The van der Waals surface area contributed by atoms with E-state index in [0.717, 1.165) is 12.8 Å². The zero-order valence-electron chi connectivity index (χ0n) is 12.4. The van der Waals surface area contributed by atoms with Crippen LogP contribution in [0.3, 0.4) is 0 Å². The number of hydrogen-bond donors (Lipinski definition) is 1. The van der Waals surface area contributed by atoms with Crippen molar-refractivity contribution in [1.29, 1.82) is 0 Å². The summed E-state index contributed by atoms with van der Waals surface area (Å²) in [6.07, 6.45) is 3.33. The van der Waals surface area contributed by atoms with Crippen LogP contribution in [0, 0.1) is 5.92 Å². The summed E-state index contributed by atoms with van der Waals surface area (Å²) in [6, 6.07) is 5.72. The Balaban J connectivity index is 2.14. The van der Waals surface area contributed by atoms with Crippen LogP contribution >= 0.6 is 0 Å². The summed E-state index contributed by atoms with van der Waals surface area (Å²) in [5.74, 6) is 0.463. The van der Waals surface area contributed by atoms with Crippen molar-refractivity contribution < 1.29 is 26.4 Å². The molecule has 0 unspecified atom stereocenters. The predicted molar refractivity (Wildman–Crippen MR) is 80.5 cm³/mol. The highest BCUT2D eigenvalue weighted by Crippen LogP contribution is 2.28. The first-order valence-electron chi connectivity index (χ1n) is 7.06. The number of hydrogen-bond acceptors (Lipinski definition) is 4. The Morgan fingerprint density at radius 3 is 2.57 bits per heavy atom. The molecule has 0 aromatic heterocycles. The molecule has 0 saturated heterocycles. The van der Waals surface area contributed by atoms with Gasteiger partial charge in [-0.05, 0) is 31.7 Å². The van der Waals surface area contributed by atoms with Crippen molar-refractivity contribution in [3.63, 3.8) is 0 Å². The molecule has 2 rings (SSSR count). The predicted octanol–water partition coefficient (Wildman–Crippen LogP) is 3.49. The largest absolute Gasteiger partial charge is 0.516 e. The van der Waals surface area contributed by atoms with Crippen LogP contribution in [-0.2, 0) is 14.9 Å². The highest BCUT2D eigenvalue weighted by molar-refractivity contribution is 7.93. The normalized spacial score (nSPS) is 16.8. The lowest BCUT2D eigenvalue weighted by molar-refractivity contribution is -0.0429. The topological polar surface area (TPSA) is 67.8 Å². The Morgan fingerprint density at radius 1 is 1.35 bits per heavy atom. The highest BCUT2D eigenvalue weighted by atomic mass is 32.2. The van der Waals surface area contributed by atoms with E-state index < -0.39 is 15.5 Å². The average molecular weight is 350 g/mol. The third kappa shape index (κ3) is 4.37. The fraction of sp³-hybridized carbons (Fsp3) is 0.500. The monoisotopic (exact) mass is 350 g/mol. The molecule has 128 valence electrons. The van der Waals surface area contributed by atoms with Crippen LogP contribution in [0.15, 0.2) is 29.4 Å². The van der Waals surface area contributed by atoms with E-state index in [1.54, 1.807) is 17.7 Å². The van der Waals surface area contributed by atoms with E-state index in [9.17, 15) is 21.6 Å². The summed E-state index contributed by atoms with van der Waals surface area (Å²) in [5, 5.41) is 3.87. The molecule has 1 aliphatic rings. The van der Waals surface area contributed by atoms with Crippen LogP contribution < -0.4 is 4.72 Å². The number of benzene rings is 1. The van der Waals surface area contributed by atoms with Gasteiger partial charge in [0.05, 0.1) is 11.4 Å². The minimum atomic E-state index is -5.48. The number of sulfonamides is 1. The first-order chi connectivity index (χ1) is 10.7. The molecule has 1 aromatic carbocycles. The van der Waals surface area contributed by atoms with Gasteiger partial charge < -0.3 is 4.84 Å². The molecule has 1 N–H and O–H groups in total. The Kier molecular flexibility index (Phi) is 5.18. The fourth-order valence-electron chi connectivity index (χ4n) is 2.04. The summed E-state index contributed by atoms with van der Waals surface area (Å²) < 4.78 is 61.5. The van der Waals surface area contributed by atoms with E-state index in [1.807, 2.05) is 0 Å². The lowest BCUT2D eigenvalue weighted by Gasteiger charge is -2.23. The van der Waals surface area contributed by atoms with Crippen molar-refractivity contribution in [2.45, 2.75) is 31.7 Å². The van der Waals surface area contributed by atoms with Gasteiger partial charge in [0, 0.05) is 5.56 Å². The molecule has 23 heavy (non-hydrogen) atoms. The Labute approximate surface area is 132 Å². The van der Waals surface area contributed by atoms with Crippen LogP contribution in [0.2, 0.25) is 0 Å². The van der Waals surface area contributed by atoms with E-state index in [-0.39, 0.29) is 11.3 Å². The molecular weight excluding hydrogens is 333 g/mol. The Morgan fingerprint density at radius 2 is 2.00 bits per heavy atom. The van der Waals surface area contributed by atoms with Crippen LogP contribution in [0.25, 0.3) is 0 Å². The van der Waals surface area contributed by atoms with Crippen molar-refractivity contribution in [2.75, 3.05) is 11.3 Å². The summed E-state index contributed by atoms with van der Waals surface area (Å²) in [7, 11) is -5.48. The van der Waals surface area contributed by atoms with Crippen molar-refractivity contribution in [1.82, 2.24) is 0 Å². The number of para-hydroxylation sites is 1. The van der Waals surface area contributed by atoms with Crippen molar-refractivity contribution in [3.05, 3.63) is 29.8 Å². The van der Waals surface area contributed by atoms with E-state index in [1.165, 1.54) is 24.6 Å². The minimum absolute atomic E-state index is 0.196. The Bertz CT molecular complexity index is 683. The zero-order chi connectivity index (χ0) is 17.1. The van der Waals surface area contributed by atoms with Crippen LogP contribution in [0.1, 0.15) is 31.7 Å². The van der Waals surface area contributed by atoms with Gasteiger partial charge in [-0.1, -0.05) is 29.8 Å². The van der Waals surface area contributed by atoms with Gasteiger partial charge in [0.2, 0.25) is 0 Å². The van der Waals surface area contributed by atoms with Gasteiger partial charge in [0.25, 0.3) is 0 Å². The molecule has 0 heterocycles. The van der Waals surface area contributed by atoms with E-state index >= 15 is 0 Å². The first-order valence-corrected chi connectivity index (χ1v) is 8.54. The standard InChI is InChI=1S/C14H17F3N2O3S/c1-10(18-22-9-11-5-4-6-11)12-7-2-3-8-13(12)19-23(20,21)14(15,16)17/h2-3,7-8,11,19H,4-6,9H2,1H3. The molecule has 0 amide bonds. The van der Waals surface area contributed by atoms with Crippen molar-refractivity contribution in [2.24, 2.45) is 11.1 Å². The molecule has 0 aliphatic heterocycles. The lowest BCUT2D eigenvalue weighted by Crippen LogP contribution is -2.30. The number of halogens is 3. The molecule has 0 spiro atoms. The molecule has 0 bridgehead atoms. The average Bonchev–Trinajstić information content (AvgIpc) is 2.40. The van der Waals surface area contributed by atoms with Gasteiger partial charge in [-0.15, -0.1) is 0 Å². The molecule has 0 radical (unpaired) electrons. The second-order valence-corrected chi connectivity index (χ2v) is 7.04. The second kappa shape index (κ2) is 6.77. The zero-order valence-corrected chi connectivity index (χ0v) is 13.2. The summed E-state index contributed by atoms with van der Waals surface area (Å²) in [6.45, 7) is 2.00. The Hall–Kier alpha value is -1.77. The molecule has 1 saturated carbocycles. The van der Waals surface area contributed by atoms with Gasteiger partial charge >= 0.3 is 15.5 Å². The third-order valence-corrected chi connectivity index (χ3v) is 4.70. The van der Waals surface area contributed by atoms with Gasteiger partial charge in [-0.3, -0.25) is 4.72 Å². The fourth-order valence-corrected chi connectivity index (χ4v) is 2.62. The lowest BCUT2D eigenvalue weighted by atomic mass is 9.86. The van der Waals surface area contributed by atoms with E-state index in [2.05, 4.69) is 5.16 Å². The maximum absolute atomic E-state index is 12.5. The first kappa shape index (κ1) is 17.6. The van der Waals surface area contributed by atoms with Gasteiger partial charge in [0.1, 0.15) is 6.61 Å². The number of oxime groups is 1. The molecule has 9 heteroatoms. The summed E-state index contributed by atoms with van der Waals surface area (Å²) >= 11 is 0. The smallest absolute Gasteiger partial charge is 0.395 e. The van der Waals surface area contributed by atoms with Crippen molar-refractivity contribution in [3.8, 4) is 0 Å². The molecule has 0 atom stereocenters. The number of alkyl halides is 3. The maximum Gasteiger partial charge on any atom is 0.516 e. The number of nitrogens with zero attached hydrogens (tertiary/aromatic N) is 1. The quantitative estimate of drug-likeness (QED) is 0.631. The summed E-state index contributed by atoms with van der Waals surface area (Å²) in [5.41, 5.74) is -5.05. The summed E-state index contributed by atoms with van der Waals surface area (Å²) in [4.78, 5) is 5.19. The van der Waals surface area contributed by atoms with Crippen molar-refractivity contribution >= 4 is 21.4 Å². The number of anilines is 1. The third-order valence-electron chi connectivity index (χ3n) is 3.60. The molecule has 1 fully saturated rings. The van der Waals surface area contributed by atoms with Crippen LogP contribution in [0.4, 0.5) is 18.9 Å². The van der Waals surface area contributed by atoms with E-state index in [4.69, 9.17) is 4.84 Å². The SMILES string of the molecule is CC(=NOCC1CCC1)c1ccccc1NS(=O)(=O)C(F)(F)F. The van der Waals surface area contributed by atoms with Crippen LogP contribution in [-0.4, -0.2) is 26.2 Å².